The van der Waals surface area contributed by atoms with Gasteiger partial charge in [0.25, 0.3) is 0 Å². The molecule has 0 aliphatic carbocycles. The van der Waals surface area contributed by atoms with Crippen LogP contribution in [-0.2, 0) is 27.4 Å². The van der Waals surface area contributed by atoms with E-state index >= 15 is 0 Å². The first-order chi connectivity index (χ1) is 15.7. The van der Waals surface area contributed by atoms with Crippen LogP contribution in [0.25, 0.3) is 0 Å². The van der Waals surface area contributed by atoms with Crippen molar-refractivity contribution in [1.29, 1.82) is 0 Å². The van der Waals surface area contributed by atoms with Gasteiger partial charge in [0.05, 0.1) is 26.9 Å². The van der Waals surface area contributed by atoms with E-state index in [4.69, 9.17) is 24.1 Å². The number of hydrogen-bond acceptors (Lipinski definition) is 7. The number of carboxylic acid groups (broad SMARTS) is 1. The van der Waals surface area contributed by atoms with Crippen LogP contribution in [0, 0.1) is 5.92 Å². The molecule has 0 saturated carbocycles. The van der Waals surface area contributed by atoms with E-state index in [0.717, 1.165) is 51.6 Å². The maximum absolute atomic E-state index is 10.6. The molecule has 33 heavy (non-hydrogen) atoms. The number of benzene rings is 1. The molecule has 2 aromatic rings. The largest absolute Gasteiger partial charge is 0.497 e. The number of aromatic nitrogens is 3. The van der Waals surface area contributed by atoms with Gasteiger partial charge in [-0.2, -0.15) is 13.2 Å². The Kier molecular flexibility index (Phi) is 8.27. The van der Waals surface area contributed by atoms with Gasteiger partial charge < -0.3 is 23.9 Å². The predicted molar refractivity (Wildman–Crippen MR) is 110 cm³/mol. The highest BCUT2D eigenvalue weighted by atomic mass is 19.4. The molecule has 0 radical (unpaired) electrons. The number of halogens is 3. The third kappa shape index (κ3) is 7.41. The van der Waals surface area contributed by atoms with Crippen molar-refractivity contribution in [2.24, 2.45) is 5.92 Å². The maximum Gasteiger partial charge on any atom is 0.490 e. The molecule has 0 amide bonds. The maximum atomic E-state index is 10.6. The van der Waals surface area contributed by atoms with E-state index in [1.807, 2.05) is 16.7 Å². The molecule has 12 heteroatoms. The monoisotopic (exact) mass is 472 g/mol. The van der Waals surface area contributed by atoms with Crippen LogP contribution in [0.2, 0.25) is 0 Å². The van der Waals surface area contributed by atoms with Gasteiger partial charge >= 0.3 is 12.1 Å². The number of aliphatic carboxylic acids is 1. The summed E-state index contributed by atoms with van der Waals surface area (Å²) < 4.78 is 51.2. The van der Waals surface area contributed by atoms with Crippen molar-refractivity contribution in [3.63, 3.8) is 0 Å². The summed E-state index contributed by atoms with van der Waals surface area (Å²) in [6, 6.07) is 8.28. The highest BCUT2D eigenvalue weighted by molar-refractivity contribution is 5.73. The third-order valence-electron chi connectivity index (χ3n) is 5.46. The molecule has 1 N–H and O–H groups in total. The van der Waals surface area contributed by atoms with Crippen molar-refractivity contribution in [3.05, 3.63) is 42.5 Å². The summed E-state index contributed by atoms with van der Waals surface area (Å²) in [6.45, 7) is 5.80. The van der Waals surface area contributed by atoms with Gasteiger partial charge in [-0.05, 0) is 24.1 Å². The van der Waals surface area contributed by atoms with Crippen LogP contribution in [0.5, 0.6) is 5.75 Å². The summed E-state index contributed by atoms with van der Waals surface area (Å²) in [5, 5.41) is 14.9. The molecular formula is C21H27F3N4O5. The second-order valence-electron chi connectivity index (χ2n) is 8.14. The summed E-state index contributed by atoms with van der Waals surface area (Å²) >= 11 is 0. The number of nitrogens with zero attached hydrogens (tertiary/aromatic N) is 4. The van der Waals surface area contributed by atoms with Crippen LogP contribution in [0.15, 0.2) is 36.9 Å². The van der Waals surface area contributed by atoms with E-state index in [2.05, 4.69) is 27.2 Å². The van der Waals surface area contributed by atoms with Crippen molar-refractivity contribution < 1.29 is 37.3 Å². The number of methoxy groups -OCH3 is 1. The third-order valence-corrected chi connectivity index (χ3v) is 5.46. The molecule has 2 aliphatic rings. The first-order valence-electron chi connectivity index (χ1n) is 10.4. The molecule has 1 spiro atoms. The van der Waals surface area contributed by atoms with Gasteiger partial charge in [-0.3, -0.25) is 4.90 Å². The van der Waals surface area contributed by atoms with Crippen molar-refractivity contribution in [2.45, 2.75) is 31.3 Å². The average molecular weight is 472 g/mol. The smallest absolute Gasteiger partial charge is 0.490 e. The molecule has 2 saturated heterocycles. The number of alkyl halides is 3. The number of carboxylic acids is 1. The van der Waals surface area contributed by atoms with Gasteiger partial charge in [0.1, 0.15) is 24.0 Å². The molecule has 2 fully saturated rings. The SMILES string of the molecule is COc1ccc(CN2CCOCC3(CC(Cn4cnnc4)CO3)C2)cc1.O=C(O)C(F)(F)F. The first kappa shape index (κ1) is 24.9. The van der Waals surface area contributed by atoms with Gasteiger partial charge in [0.2, 0.25) is 0 Å². The summed E-state index contributed by atoms with van der Waals surface area (Å²) in [7, 11) is 1.69. The van der Waals surface area contributed by atoms with E-state index in [1.165, 1.54) is 5.56 Å². The molecule has 1 aromatic heterocycles. The Balaban J connectivity index is 0.000000383. The van der Waals surface area contributed by atoms with Crippen molar-refractivity contribution >= 4 is 5.97 Å². The highest BCUT2D eigenvalue weighted by Crippen LogP contribution is 2.34. The lowest BCUT2D eigenvalue weighted by molar-refractivity contribution is -0.192. The van der Waals surface area contributed by atoms with Gasteiger partial charge in [0, 0.05) is 32.1 Å². The number of carbonyl (C=O) groups is 1. The number of hydrogen-bond donors (Lipinski definition) is 1. The Morgan fingerprint density at radius 2 is 1.94 bits per heavy atom. The topological polar surface area (TPSA) is 98.9 Å². The summed E-state index contributed by atoms with van der Waals surface area (Å²) in [5.41, 5.74) is 1.07. The van der Waals surface area contributed by atoms with E-state index in [9.17, 15) is 13.2 Å². The normalized spacial score (nSPS) is 23.6. The second-order valence-corrected chi connectivity index (χ2v) is 8.14. The molecule has 3 heterocycles. The zero-order valence-electron chi connectivity index (χ0n) is 18.2. The van der Waals surface area contributed by atoms with Crippen LogP contribution in [0.3, 0.4) is 0 Å². The zero-order chi connectivity index (χ0) is 23.9. The Morgan fingerprint density at radius 1 is 1.27 bits per heavy atom. The molecule has 9 nitrogen and oxygen atoms in total. The minimum absolute atomic E-state index is 0.207. The van der Waals surface area contributed by atoms with Gasteiger partial charge in [0.15, 0.2) is 0 Å². The number of rotatable bonds is 5. The number of ether oxygens (including phenoxy) is 3. The van der Waals surface area contributed by atoms with Gasteiger partial charge in [-0.15, -0.1) is 10.2 Å². The van der Waals surface area contributed by atoms with Crippen LogP contribution < -0.4 is 4.74 Å². The first-order valence-corrected chi connectivity index (χ1v) is 10.4. The Labute approximate surface area is 189 Å². The summed E-state index contributed by atoms with van der Waals surface area (Å²) in [5.74, 6) is -1.40. The molecular weight excluding hydrogens is 445 g/mol. The van der Waals surface area contributed by atoms with Crippen molar-refractivity contribution in [3.8, 4) is 5.75 Å². The fourth-order valence-corrected chi connectivity index (χ4v) is 3.99. The molecule has 2 unspecified atom stereocenters. The van der Waals surface area contributed by atoms with E-state index < -0.39 is 12.1 Å². The molecule has 0 bridgehead atoms. The van der Waals surface area contributed by atoms with Crippen LogP contribution >= 0.6 is 0 Å². The molecule has 1 aromatic carbocycles. The van der Waals surface area contributed by atoms with Gasteiger partial charge in [-0.25, -0.2) is 4.79 Å². The van der Waals surface area contributed by atoms with Gasteiger partial charge in [-0.1, -0.05) is 12.1 Å². The van der Waals surface area contributed by atoms with Crippen LogP contribution in [0.1, 0.15) is 12.0 Å². The Hall–Kier alpha value is -2.70. The lowest BCUT2D eigenvalue weighted by Gasteiger charge is -2.31. The molecule has 4 rings (SSSR count). The second kappa shape index (κ2) is 10.9. The zero-order valence-corrected chi connectivity index (χ0v) is 18.2. The fraction of sp³-hybridized carbons (Fsp3) is 0.571. The van der Waals surface area contributed by atoms with Crippen molar-refractivity contribution in [2.75, 3.05) is 40.0 Å². The molecule has 182 valence electrons. The minimum Gasteiger partial charge on any atom is -0.497 e. The Morgan fingerprint density at radius 3 is 2.55 bits per heavy atom. The molecule has 2 aliphatic heterocycles. The van der Waals surface area contributed by atoms with E-state index in [1.54, 1.807) is 19.8 Å². The van der Waals surface area contributed by atoms with E-state index in [0.29, 0.717) is 12.5 Å². The average Bonchev–Trinajstić information content (AvgIpc) is 3.37. The lowest BCUT2D eigenvalue weighted by Crippen LogP contribution is -2.43. The van der Waals surface area contributed by atoms with Crippen molar-refractivity contribution in [1.82, 2.24) is 19.7 Å². The van der Waals surface area contributed by atoms with Crippen LogP contribution in [-0.4, -0.2) is 82.5 Å². The molecule has 2 atom stereocenters. The lowest BCUT2D eigenvalue weighted by atomic mass is 9.94. The minimum atomic E-state index is -5.08. The quantitative estimate of drug-likeness (QED) is 0.708. The summed E-state index contributed by atoms with van der Waals surface area (Å²) in [4.78, 5) is 11.3. The standard InChI is InChI=1S/C19H26N4O3.C2HF3O2/c1-24-18-4-2-16(3-5-18)9-22-6-7-25-13-19(12-22)8-17(11-26-19)10-23-14-20-21-15-23;3-2(4,5)1(6)7/h2-5,14-15,17H,6-13H2,1H3;(H,6,7). The van der Waals surface area contributed by atoms with E-state index in [-0.39, 0.29) is 5.60 Å². The predicted octanol–water partition coefficient (Wildman–Crippen LogP) is 2.23. The summed E-state index contributed by atoms with van der Waals surface area (Å²) in [6.07, 6.45) is -0.542. The Bertz CT molecular complexity index is 879. The van der Waals surface area contributed by atoms with Crippen LogP contribution in [0.4, 0.5) is 13.2 Å². The highest BCUT2D eigenvalue weighted by Gasteiger charge is 2.43. The fourth-order valence-electron chi connectivity index (χ4n) is 3.99.